The maximum absolute atomic E-state index is 2.27. The van der Waals surface area contributed by atoms with Crippen LogP contribution in [0, 0.1) is 5.92 Å². The van der Waals surface area contributed by atoms with Crippen molar-refractivity contribution in [1.29, 1.82) is 0 Å². The Morgan fingerprint density at radius 2 is 1.86 bits per heavy atom. The minimum absolute atomic E-state index is 0. The Hall–Kier alpha value is 1.10. The van der Waals surface area contributed by atoms with E-state index in [1.807, 2.05) is 0 Å². The van der Waals surface area contributed by atoms with E-state index < -0.39 is 0 Å². The monoisotopic (exact) mass is 215 g/mol. The quantitative estimate of drug-likeness (QED) is 0.624. The molecular formula is C5H12BrZn. The van der Waals surface area contributed by atoms with Gasteiger partial charge in [-0.25, -0.2) is 0 Å². The third kappa shape index (κ3) is 11.0. The van der Waals surface area contributed by atoms with Gasteiger partial charge in [0.2, 0.25) is 0 Å². The van der Waals surface area contributed by atoms with Crippen molar-refractivity contribution in [2.24, 2.45) is 5.92 Å². The summed E-state index contributed by atoms with van der Waals surface area (Å²) in [5.74, 6) is 0.929. The van der Waals surface area contributed by atoms with Gasteiger partial charge >= 0.3 is 49.5 Å². The van der Waals surface area contributed by atoms with Crippen LogP contribution in [0.5, 0.6) is 0 Å². The molecule has 2 heteroatoms. The van der Waals surface area contributed by atoms with Gasteiger partial charge < -0.3 is 0 Å². The molecule has 0 aromatic carbocycles. The summed E-state index contributed by atoms with van der Waals surface area (Å²) in [6.45, 7) is 4.55. The SMILES string of the molecule is Br.CC(C)C[CH2][Zn]. The van der Waals surface area contributed by atoms with Crippen LogP contribution in [0.1, 0.15) is 20.3 Å². The predicted molar refractivity (Wildman–Crippen MR) is 34.6 cm³/mol. The molecule has 0 N–H and O–H groups in total. The first-order valence-corrected chi connectivity index (χ1v) is 4.66. The molecule has 0 saturated heterocycles. The fourth-order valence-corrected chi connectivity index (χ4v) is 2.12. The van der Waals surface area contributed by atoms with Crippen LogP contribution in [-0.2, 0) is 18.3 Å². The van der Waals surface area contributed by atoms with Crippen LogP contribution in [0.2, 0.25) is 5.02 Å². The van der Waals surface area contributed by atoms with Crippen molar-refractivity contribution >= 4 is 17.0 Å². The molecule has 0 atom stereocenters. The van der Waals surface area contributed by atoms with Crippen LogP contribution in [0.3, 0.4) is 0 Å². The Labute approximate surface area is 66.5 Å². The summed E-state index contributed by atoms with van der Waals surface area (Å²) in [6.07, 6.45) is 1.43. The normalized spacial score (nSPS) is 8.71. The zero-order valence-corrected chi connectivity index (χ0v) is 9.79. The summed E-state index contributed by atoms with van der Waals surface area (Å²) in [6, 6.07) is 0. The molecule has 0 nitrogen and oxygen atoms in total. The first kappa shape index (κ1) is 11.0. The van der Waals surface area contributed by atoms with Gasteiger partial charge in [-0.05, 0) is 0 Å². The van der Waals surface area contributed by atoms with Crippen LogP contribution >= 0.6 is 17.0 Å². The first-order valence-electron chi connectivity index (χ1n) is 2.56. The Kier molecular flexibility index (Phi) is 11.1. The fourth-order valence-electron chi connectivity index (χ4n) is 0.408. The van der Waals surface area contributed by atoms with E-state index in [0.717, 1.165) is 5.92 Å². The molecule has 0 unspecified atom stereocenters. The van der Waals surface area contributed by atoms with E-state index in [9.17, 15) is 0 Å². The van der Waals surface area contributed by atoms with E-state index in [4.69, 9.17) is 0 Å². The molecule has 0 spiro atoms. The van der Waals surface area contributed by atoms with E-state index in [1.54, 1.807) is 0 Å². The molecule has 0 aliphatic heterocycles. The third-order valence-electron chi connectivity index (χ3n) is 0.781. The van der Waals surface area contributed by atoms with Gasteiger partial charge in [0.05, 0.1) is 0 Å². The van der Waals surface area contributed by atoms with E-state index >= 15 is 0 Å². The summed E-state index contributed by atoms with van der Waals surface area (Å²) >= 11 is 1.47. The van der Waals surface area contributed by atoms with E-state index in [1.165, 1.54) is 29.7 Å². The summed E-state index contributed by atoms with van der Waals surface area (Å²) in [7, 11) is 0. The molecule has 0 radical (unpaired) electrons. The van der Waals surface area contributed by atoms with E-state index in [-0.39, 0.29) is 17.0 Å². The van der Waals surface area contributed by atoms with Crippen molar-refractivity contribution in [3.8, 4) is 0 Å². The van der Waals surface area contributed by atoms with Crippen molar-refractivity contribution in [1.82, 2.24) is 0 Å². The third-order valence-corrected chi connectivity index (χ3v) is 1.64. The van der Waals surface area contributed by atoms with Crippen LogP contribution in [0.4, 0.5) is 0 Å². The van der Waals surface area contributed by atoms with Crippen molar-refractivity contribution in [2.75, 3.05) is 0 Å². The molecule has 0 aromatic rings. The number of rotatable bonds is 2. The average Bonchev–Trinajstić information content (AvgIpc) is 1.35. The Balaban J connectivity index is 0. The number of hydrogen-bond donors (Lipinski definition) is 0. The average molecular weight is 217 g/mol. The summed E-state index contributed by atoms with van der Waals surface area (Å²) in [5, 5.41) is 1.46. The zero-order chi connectivity index (χ0) is 4.99. The zero-order valence-electron chi connectivity index (χ0n) is 5.11. The molecule has 0 aliphatic carbocycles. The van der Waals surface area contributed by atoms with Gasteiger partial charge in [-0.3, -0.25) is 0 Å². The summed E-state index contributed by atoms with van der Waals surface area (Å²) < 4.78 is 0. The van der Waals surface area contributed by atoms with Crippen molar-refractivity contribution in [3.05, 3.63) is 0 Å². The van der Waals surface area contributed by atoms with Crippen LogP contribution < -0.4 is 0 Å². The van der Waals surface area contributed by atoms with E-state index in [2.05, 4.69) is 13.8 Å². The second kappa shape index (κ2) is 7.10. The molecule has 0 bridgehead atoms. The molecule has 0 saturated carbocycles. The van der Waals surface area contributed by atoms with Gasteiger partial charge in [0.25, 0.3) is 0 Å². The summed E-state index contributed by atoms with van der Waals surface area (Å²) in [4.78, 5) is 0. The van der Waals surface area contributed by atoms with Gasteiger partial charge in [-0.1, -0.05) is 0 Å². The summed E-state index contributed by atoms with van der Waals surface area (Å²) in [5.41, 5.74) is 0. The standard InChI is InChI=1S/C5H11.BrH.Zn/c1-4-5(2)3;;/h5H,1,4H2,2-3H3;1H;. The fraction of sp³-hybridized carbons (Fsp3) is 1.00. The van der Waals surface area contributed by atoms with Gasteiger partial charge in [0, 0.05) is 0 Å². The molecule has 7 heavy (non-hydrogen) atoms. The minimum atomic E-state index is 0. The van der Waals surface area contributed by atoms with Crippen molar-refractivity contribution in [3.63, 3.8) is 0 Å². The van der Waals surface area contributed by atoms with Gasteiger partial charge in [0.1, 0.15) is 0 Å². The van der Waals surface area contributed by atoms with Crippen molar-refractivity contribution < 1.29 is 18.3 Å². The molecule has 41 valence electrons. The Bertz CT molecular complexity index is 29.3. The van der Waals surface area contributed by atoms with Gasteiger partial charge in [-0.2, -0.15) is 0 Å². The molecule has 0 aromatic heterocycles. The maximum atomic E-state index is 2.27. The van der Waals surface area contributed by atoms with Crippen LogP contribution in [-0.4, -0.2) is 0 Å². The van der Waals surface area contributed by atoms with Crippen molar-refractivity contribution in [2.45, 2.75) is 25.3 Å². The predicted octanol–water partition coefficient (Wildman–Crippen LogP) is 2.58. The molecule has 0 aliphatic rings. The Morgan fingerprint density at radius 1 is 1.43 bits per heavy atom. The second-order valence-electron chi connectivity index (χ2n) is 2.04. The number of halogens is 1. The Morgan fingerprint density at radius 3 is 1.86 bits per heavy atom. The molecular weight excluding hydrogens is 205 g/mol. The molecule has 0 heterocycles. The van der Waals surface area contributed by atoms with Gasteiger partial charge in [-0.15, -0.1) is 17.0 Å². The first-order chi connectivity index (χ1) is 2.77. The van der Waals surface area contributed by atoms with Crippen LogP contribution in [0.25, 0.3) is 0 Å². The van der Waals surface area contributed by atoms with Crippen LogP contribution in [0.15, 0.2) is 0 Å². The van der Waals surface area contributed by atoms with E-state index in [0.29, 0.717) is 0 Å². The second-order valence-corrected chi connectivity index (χ2v) is 3.52. The number of hydrogen-bond acceptors (Lipinski definition) is 0. The molecule has 0 fully saturated rings. The molecule has 0 amide bonds. The molecule has 0 rings (SSSR count). The van der Waals surface area contributed by atoms with Gasteiger partial charge in [0.15, 0.2) is 0 Å². The topological polar surface area (TPSA) is 0 Å².